The first kappa shape index (κ1) is 22.1. The fraction of sp³-hybridized carbons (Fsp3) is 0.158. The van der Waals surface area contributed by atoms with Crippen LogP contribution in [0.1, 0.15) is 25.1 Å². The number of pyridine rings is 2. The van der Waals surface area contributed by atoms with Crippen LogP contribution in [0.3, 0.4) is 0 Å². The Balaban J connectivity index is 0.000000270. The SMILES string of the molecule is CC(C)(c1[c-]cccc1)c1ccccn1.O=S(=O)(O)c1ccccn1.[Ir]. The van der Waals surface area contributed by atoms with Crippen LogP contribution in [0.2, 0.25) is 0 Å². The summed E-state index contributed by atoms with van der Waals surface area (Å²) >= 11 is 0. The maximum absolute atomic E-state index is 10.3. The number of rotatable bonds is 3. The quantitative estimate of drug-likeness (QED) is 0.401. The molecule has 26 heavy (non-hydrogen) atoms. The Bertz CT molecular complexity index is 846. The van der Waals surface area contributed by atoms with E-state index in [1.165, 1.54) is 23.9 Å². The van der Waals surface area contributed by atoms with E-state index in [0.29, 0.717) is 0 Å². The maximum Gasteiger partial charge on any atom is 0.312 e. The van der Waals surface area contributed by atoms with Gasteiger partial charge in [0.1, 0.15) is 0 Å². The Morgan fingerprint density at radius 1 is 0.923 bits per heavy atom. The van der Waals surface area contributed by atoms with Gasteiger partial charge in [-0.25, -0.2) is 4.98 Å². The zero-order valence-corrected chi connectivity index (χ0v) is 17.5. The molecule has 0 aliphatic heterocycles. The summed E-state index contributed by atoms with van der Waals surface area (Å²) < 4.78 is 29.1. The molecular weight excluding hydrogens is 529 g/mol. The van der Waals surface area contributed by atoms with E-state index in [0.717, 1.165) is 5.69 Å². The first-order valence-corrected chi connectivity index (χ1v) is 9.03. The molecule has 1 aromatic carbocycles. The zero-order chi connectivity index (χ0) is 18.3. The van der Waals surface area contributed by atoms with Crippen molar-refractivity contribution in [1.82, 2.24) is 9.97 Å². The molecule has 5 nitrogen and oxygen atoms in total. The molecule has 0 amide bonds. The van der Waals surface area contributed by atoms with Gasteiger partial charge < -0.3 is 0 Å². The van der Waals surface area contributed by atoms with E-state index < -0.39 is 10.1 Å². The van der Waals surface area contributed by atoms with Crippen LogP contribution in [-0.4, -0.2) is 22.9 Å². The molecule has 0 bridgehead atoms. The summed E-state index contributed by atoms with van der Waals surface area (Å²) in [5, 5.41) is -0.324. The van der Waals surface area contributed by atoms with Gasteiger partial charge in [0, 0.05) is 43.6 Å². The van der Waals surface area contributed by atoms with Gasteiger partial charge in [-0.05, 0) is 24.3 Å². The first-order chi connectivity index (χ1) is 11.8. The smallest absolute Gasteiger partial charge is 0.281 e. The van der Waals surface area contributed by atoms with Gasteiger partial charge in [-0.3, -0.25) is 9.54 Å². The molecule has 2 aromatic heterocycles. The number of hydrogen-bond acceptors (Lipinski definition) is 4. The van der Waals surface area contributed by atoms with Gasteiger partial charge in [0.25, 0.3) is 0 Å². The zero-order valence-electron chi connectivity index (χ0n) is 14.3. The van der Waals surface area contributed by atoms with Crippen LogP contribution in [0.15, 0.2) is 78.1 Å². The van der Waals surface area contributed by atoms with E-state index in [9.17, 15) is 8.42 Å². The number of hydrogen-bond donors (Lipinski definition) is 1. The molecule has 0 saturated heterocycles. The van der Waals surface area contributed by atoms with E-state index in [1.54, 1.807) is 6.07 Å². The standard InChI is InChI=1S/C14H14N.C5H5NO3S.Ir/c1-14(2,12-8-4-3-5-9-12)13-10-6-7-11-15-13;7-10(8,9)5-3-1-2-4-6-5;/h3-8,10-11H,1-2H3;1-4H,(H,7,8,9);/q-1;;. The second kappa shape index (κ2) is 9.69. The van der Waals surface area contributed by atoms with Gasteiger partial charge in [0.05, 0.1) is 0 Å². The van der Waals surface area contributed by atoms with Crippen molar-refractivity contribution in [3.05, 3.63) is 90.4 Å². The molecule has 0 atom stereocenters. The van der Waals surface area contributed by atoms with Crippen molar-refractivity contribution in [2.45, 2.75) is 24.3 Å². The molecule has 0 saturated carbocycles. The maximum atomic E-state index is 10.3. The number of nitrogens with zero attached hydrogens (tertiary/aromatic N) is 2. The molecule has 1 N–H and O–H groups in total. The third-order valence-electron chi connectivity index (χ3n) is 3.59. The minimum atomic E-state index is -4.11. The Hall–Kier alpha value is -1.92. The normalized spacial score (nSPS) is 10.9. The van der Waals surface area contributed by atoms with Crippen LogP contribution in [-0.2, 0) is 35.6 Å². The molecular formula is C19H19IrN2O3S-. The molecule has 2 heterocycles. The summed E-state index contributed by atoms with van der Waals surface area (Å²) in [5.74, 6) is 0. The fourth-order valence-corrected chi connectivity index (χ4v) is 2.60. The van der Waals surface area contributed by atoms with Gasteiger partial charge in [-0.2, -0.15) is 44.3 Å². The van der Waals surface area contributed by atoms with Crippen molar-refractivity contribution in [3.63, 3.8) is 0 Å². The average molecular weight is 548 g/mol. The predicted molar refractivity (Wildman–Crippen MR) is 95.7 cm³/mol. The van der Waals surface area contributed by atoms with Crippen LogP contribution in [0.25, 0.3) is 0 Å². The molecule has 0 aliphatic rings. The number of aromatic nitrogens is 2. The molecule has 1 radical (unpaired) electrons. The van der Waals surface area contributed by atoms with Crippen molar-refractivity contribution < 1.29 is 33.1 Å². The summed E-state index contributed by atoms with van der Waals surface area (Å²) in [5.41, 5.74) is 2.17. The topological polar surface area (TPSA) is 80.2 Å². The third-order valence-corrected chi connectivity index (χ3v) is 4.36. The van der Waals surface area contributed by atoms with Crippen LogP contribution in [0.4, 0.5) is 0 Å². The Morgan fingerprint density at radius 2 is 1.54 bits per heavy atom. The average Bonchev–Trinajstić information content (AvgIpc) is 2.64. The number of benzene rings is 1. The molecule has 0 spiro atoms. The molecule has 139 valence electrons. The van der Waals surface area contributed by atoms with Crippen molar-refractivity contribution >= 4 is 10.1 Å². The van der Waals surface area contributed by atoms with E-state index in [-0.39, 0.29) is 30.5 Å². The summed E-state index contributed by atoms with van der Waals surface area (Å²) in [6, 6.07) is 21.6. The van der Waals surface area contributed by atoms with Crippen LogP contribution in [0.5, 0.6) is 0 Å². The van der Waals surface area contributed by atoms with E-state index >= 15 is 0 Å². The van der Waals surface area contributed by atoms with E-state index in [4.69, 9.17) is 4.55 Å². The molecule has 7 heteroatoms. The van der Waals surface area contributed by atoms with Crippen LogP contribution < -0.4 is 0 Å². The second-order valence-electron chi connectivity index (χ2n) is 5.76. The molecule has 0 unspecified atom stereocenters. The van der Waals surface area contributed by atoms with Crippen molar-refractivity contribution in [3.8, 4) is 0 Å². The monoisotopic (exact) mass is 548 g/mol. The first-order valence-electron chi connectivity index (χ1n) is 7.59. The van der Waals surface area contributed by atoms with Crippen molar-refractivity contribution in [2.75, 3.05) is 0 Å². The minimum Gasteiger partial charge on any atom is -0.281 e. The van der Waals surface area contributed by atoms with Crippen LogP contribution >= 0.6 is 0 Å². The minimum absolute atomic E-state index is 0. The second-order valence-corrected chi connectivity index (χ2v) is 7.13. The fourth-order valence-electron chi connectivity index (χ4n) is 2.15. The summed E-state index contributed by atoms with van der Waals surface area (Å²) in [6.07, 6.45) is 3.13. The van der Waals surface area contributed by atoms with E-state index in [2.05, 4.69) is 42.0 Å². The summed E-state index contributed by atoms with van der Waals surface area (Å²) in [6.45, 7) is 4.34. The van der Waals surface area contributed by atoms with Gasteiger partial charge in [-0.15, -0.1) is 0 Å². The van der Waals surface area contributed by atoms with Gasteiger partial charge in [-0.1, -0.05) is 26.0 Å². The van der Waals surface area contributed by atoms with Crippen molar-refractivity contribution in [2.24, 2.45) is 0 Å². The van der Waals surface area contributed by atoms with Gasteiger partial charge >= 0.3 is 10.1 Å². The molecule has 0 fully saturated rings. The largest absolute Gasteiger partial charge is 0.312 e. The van der Waals surface area contributed by atoms with Gasteiger partial charge in [0.15, 0.2) is 5.03 Å². The van der Waals surface area contributed by atoms with Crippen molar-refractivity contribution in [1.29, 1.82) is 0 Å². The Kier molecular flexibility index (Phi) is 8.24. The third kappa shape index (κ3) is 6.11. The molecule has 0 aliphatic carbocycles. The molecule has 3 rings (SSSR count). The summed E-state index contributed by atoms with van der Waals surface area (Å²) in [7, 11) is -4.11. The Labute approximate surface area is 167 Å². The van der Waals surface area contributed by atoms with Crippen LogP contribution in [0, 0.1) is 6.07 Å². The van der Waals surface area contributed by atoms with E-state index in [1.807, 2.05) is 36.5 Å². The molecule has 3 aromatic rings. The predicted octanol–water partition coefficient (Wildman–Crippen LogP) is 3.53. The summed E-state index contributed by atoms with van der Waals surface area (Å²) in [4.78, 5) is 7.82. The Morgan fingerprint density at radius 3 is 1.96 bits per heavy atom. The van der Waals surface area contributed by atoms with Gasteiger partial charge in [0.2, 0.25) is 0 Å².